The summed E-state index contributed by atoms with van der Waals surface area (Å²) in [6.07, 6.45) is 5.28. The molecule has 4 aliphatic rings. The maximum atomic E-state index is 13.8. The Balaban J connectivity index is 1.58. The molecule has 0 bridgehead atoms. The fraction of sp³-hybridized carbons (Fsp3) is 0.536. The first-order valence-corrected chi connectivity index (χ1v) is 12.5. The van der Waals surface area contributed by atoms with Crippen molar-refractivity contribution in [2.45, 2.75) is 69.5 Å². The van der Waals surface area contributed by atoms with E-state index in [9.17, 15) is 19.5 Å². The van der Waals surface area contributed by atoms with Gasteiger partial charge in [0.05, 0.1) is 23.9 Å². The van der Waals surface area contributed by atoms with E-state index in [0.29, 0.717) is 12.8 Å². The standard InChI is InChI=1S/C28H33NO7/c1-16-9-8-12-19-23-27(4,35-23)17(2)21-20(15-18-10-6-5-7-11-18)29-24(31)28(19,21)36-25(32)34-14-13-26(3,33)22(16)30/h5-8,10-14,16-17,19-21,23,33H,9,15H2,1-4H3,(H,29,31)/t16-,17-,19-,20-,21-,23-,26+,27+,28?/m0/s1. The minimum Gasteiger partial charge on any atom is -0.416 e. The zero-order valence-electron chi connectivity index (χ0n) is 21.0. The van der Waals surface area contributed by atoms with E-state index < -0.39 is 40.6 Å². The lowest BCUT2D eigenvalue weighted by Gasteiger charge is -2.45. The van der Waals surface area contributed by atoms with Gasteiger partial charge in [-0.25, -0.2) is 4.79 Å². The van der Waals surface area contributed by atoms with Gasteiger partial charge in [0.2, 0.25) is 5.60 Å². The van der Waals surface area contributed by atoms with Crippen molar-refractivity contribution in [1.29, 1.82) is 0 Å². The van der Waals surface area contributed by atoms with E-state index in [0.717, 1.165) is 17.9 Å². The van der Waals surface area contributed by atoms with Crippen LogP contribution in [0.15, 0.2) is 54.8 Å². The molecule has 3 aliphatic heterocycles. The van der Waals surface area contributed by atoms with E-state index in [1.807, 2.05) is 56.3 Å². The quantitative estimate of drug-likeness (QED) is 0.368. The lowest BCUT2D eigenvalue weighted by atomic mass is 9.59. The molecule has 36 heavy (non-hydrogen) atoms. The van der Waals surface area contributed by atoms with Gasteiger partial charge in [-0.15, -0.1) is 0 Å². The van der Waals surface area contributed by atoms with Crippen molar-refractivity contribution in [3.05, 3.63) is 60.4 Å². The van der Waals surface area contributed by atoms with Crippen molar-refractivity contribution in [1.82, 2.24) is 5.32 Å². The number of aliphatic hydroxyl groups is 1. The Morgan fingerprint density at radius 2 is 1.83 bits per heavy atom. The third kappa shape index (κ3) is 3.78. The van der Waals surface area contributed by atoms with Gasteiger partial charge in [0.15, 0.2) is 5.78 Å². The van der Waals surface area contributed by atoms with Crippen LogP contribution in [-0.4, -0.2) is 51.9 Å². The molecule has 0 aromatic heterocycles. The van der Waals surface area contributed by atoms with Crippen LogP contribution in [0.2, 0.25) is 0 Å². The fourth-order valence-electron chi connectivity index (χ4n) is 6.51. The van der Waals surface area contributed by atoms with Crippen molar-refractivity contribution >= 4 is 17.8 Å². The van der Waals surface area contributed by atoms with Crippen LogP contribution in [-0.2, 0) is 30.2 Å². The van der Waals surface area contributed by atoms with E-state index in [4.69, 9.17) is 14.2 Å². The van der Waals surface area contributed by atoms with Crippen LogP contribution in [0.5, 0.6) is 0 Å². The number of epoxide rings is 1. The number of hydrogen-bond acceptors (Lipinski definition) is 7. The van der Waals surface area contributed by atoms with Gasteiger partial charge in [0, 0.05) is 17.9 Å². The number of carbonyl (C=O) groups is 3. The molecule has 2 N–H and O–H groups in total. The Kier molecular flexibility index (Phi) is 5.87. The minimum absolute atomic E-state index is 0.0972. The third-order valence-electron chi connectivity index (χ3n) is 8.64. The monoisotopic (exact) mass is 495 g/mol. The number of Topliss-reactive ketones (excluding diaryl/α,β-unsaturated/α-hetero) is 1. The maximum absolute atomic E-state index is 13.8. The topological polar surface area (TPSA) is 114 Å². The summed E-state index contributed by atoms with van der Waals surface area (Å²) < 4.78 is 17.3. The number of hydrogen-bond donors (Lipinski definition) is 2. The van der Waals surface area contributed by atoms with Crippen molar-refractivity contribution in [3.63, 3.8) is 0 Å². The summed E-state index contributed by atoms with van der Waals surface area (Å²) in [6, 6.07) is 9.58. The third-order valence-corrected chi connectivity index (χ3v) is 8.64. The molecule has 2 saturated heterocycles. The number of allylic oxidation sites excluding steroid dienone is 1. The highest BCUT2D eigenvalue weighted by Crippen LogP contribution is 2.63. The Bertz CT molecular complexity index is 1130. The molecule has 1 aromatic rings. The second-order valence-corrected chi connectivity index (χ2v) is 11.0. The van der Waals surface area contributed by atoms with Gasteiger partial charge in [0.1, 0.15) is 5.60 Å². The highest BCUT2D eigenvalue weighted by molar-refractivity contribution is 5.92. The molecule has 1 unspecified atom stereocenters. The lowest BCUT2D eigenvalue weighted by molar-refractivity contribution is -0.153. The maximum Gasteiger partial charge on any atom is 0.514 e. The van der Waals surface area contributed by atoms with Crippen molar-refractivity contribution < 1.29 is 33.7 Å². The number of amides is 1. The molecule has 1 aromatic carbocycles. The minimum atomic E-state index is -1.81. The van der Waals surface area contributed by atoms with Crippen molar-refractivity contribution in [2.24, 2.45) is 23.7 Å². The van der Waals surface area contributed by atoms with Gasteiger partial charge in [0.25, 0.3) is 5.91 Å². The molecule has 1 aliphatic carbocycles. The van der Waals surface area contributed by atoms with E-state index >= 15 is 0 Å². The van der Waals surface area contributed by atoms with Crippen LogP contribution >= 0.6 is 0 Å². The van der Waals surface area contributed by atoms with E-state index in [-0.39, 0.29) is 29.9 Å². The second kappa shape index (κ2) is 8.56. The van der Waals surface area contributed by atoms with Gasteiger partial charge in [-0.1, -0.05) is 56.3 Å². The Morgan fingerprint density at radius 1 is 1.11 bits per heavy atom. The number of carbonyl (C=O) groups excluding carboxylic acids is 3. The predicted molar refractivity (Wildman–Crippen MR) is 129 cm³/mol. The summed E-state index contributed by atoms with van der Waals surface area (Å²) in [5.41, 5.74) is -2.76. The zero-order valence-corrected chi connectivity index (χ0v) is 21.0. The molecule has 3 fully saturated rings. The summed E-state index contributed by atoms with van der Waals surface area (Å²) in [7, 11) is 0. The highest BCUT2D eigenvalue weighted by atomic mass is 16.7. The number of nitrogens with one attached hydrogen (secondary N) is 1. The summed E-state index contributed by atoms with van der Waals surface area (Å²) in [6.45, 7) is 7.15. The number of cyclic esters (lactones) is 1. The number of fused-ring (bicyclic) bond motifs is 2. The molecule has 3 heterocycles. The van der Waals surface area contributed by atoms with Crippen LogP contribution in [0.4, 0.5) is 4.79 Å². The molecule has 9 atom stereocenters. The van der Waals surface area contributed by atoms with Gasteiger partial charge >= 0.3 is 6.16 Å². The van der Waals surface area contributed by atoms with E-state index in [1.165, 1.54) is 6.92 Å². The molecule has 1 amide bonds. The SMILES string of the molecule is C[C@H]1CC=C[C@H]2[C@@H]3O[C@]3(C)[C@@H](C)[C@H]3[C@H](Cc4ccccc4)NC(=O)C32OC(=O)OC=C[C@@](C)(O)C1=O. The number of benzene rings is 1. The first-order chi connectivity index (χ1) is 17.0. The second-order valence-electron chi connectivity index (χ2n) is 11.0. The molecule has 0 radical (unpaired) electrons. The molecule has 1 spiro atoms. The molecule has 8 nitrogen and oxygen atoms in total. The van der Waals surface area contributed by atoms with Gasteiger partial charge in [-0.3, -0.25) is 9.59 Å². The molecule has 1 saturated carbocycles. The Hall–Kier alpha value is -2.97. The predicted octanol–water partition coefficient (Wildman–Crippen LogP) is 3.09. The number of ketones is 1. The summed E-state index contributed by atoms with van der Waals surface area (Å²) in [5.74, 6) is -2.32. The average Bonchev–Trinajstić information content (AvgIpc) is 3.45. The molecular formula is C28H33NO7. The van der Waals surface area contributed by atoms with Crippen LogP contribution in [0.25, 0.3) is 0 Å². The molecular weight excluding hydrogens is 462 g/mol. The summed E-state index contributed by atoms with van der Waals surface area (Å²) in [4.78, 5) is 39.5. The largest absolute Gasteiger partial charge is 0.514 e. The average molecular weight is 496 g/mol. The van der Waals surface area contributed by atoms with Crippen LogP contribution in [0.1, 0.15) is 39.7 Å². The first kappa shape index (κ1) is 24.7. The smallest absolute Gasteiger partial charge is 0.416 e. The zero-order chi connectivity index (χ0) is 25.9. The fourth-order valence-corrected chi connectivity index (χ4v) is 6.51. The van der Waals surface area contributed by atoms with Gasteiger partial charge in [-0.2, -0.15) is 0 Å². The first-order valence-electron chi connectivity index (χ1n) is 12.5. The summed E-state index contributed by atoms with van der Waals surface area (Å²) >= 11 is 0. The molecule has 5 rings (SSSR count). The molecule has 192 valence electrons. The number of rotatable bonds is 2. The van der Waals surface area contributed by atoms with Gasteiger partial charge in [-0.05, 0) is 44.2 Å². The Morgan fingerprint density at radius 3 is 2.56 bits per heavy atom. The lowest BCUT2D eigenvalue weighted by Crippen LogP contribution is -2.61. The molecule has 8 heteroatoms. The van der Waals surface area contributed by atoms with Crippen LogP contribution in [0, 0.1) is 23.7 Å². The van der Waals surface area contributed by atoms with E-state index in [1.54, 1.807) is 6.92 Å². The van der Waals surface area contributed by atoms with Crippen molar-refractivity contribution in [2.75, 3.05) is 0 Å². The normalized spacial score (nSPS) is 44.0. The summed E-state index contributed by atoms with van der Waals surface area (Å²) in [5, 5.41) is 13.7. The van der Waals surface area contributed by atoms with Crippen molar-refractivity contribution in [3.8, 4) is 0 Å². The van der Waals surface area contributed by atoms with Crippen LogP contribution in [0.3, 0.4) is 0 Å². The van der Waals surface area contributed by atoms with Gasteiger partial charge < -0.3 is 24.6 Å². The number of ether oxygens (including phenoxy) is 3. The van der Waals surface area contributed by atoms with E-state index in [2.05, 4.69) is 5.32 Å². The highest BCUT2D eigenvalue weighted by Gasteiger charge is 2.78. The Labute approximate surface area is 210 Å². The van der Waals surface area contributed by atoms with Crippen LogP contribution < -0.4 is 5.32 Å².